The van der Waals surface area contributed by atoms with Crippen LogP contribution in [-0.2, 0) is 24.8 Å². The summed E-state index contributed by atoms with van der Waals surface area (Å²) in [6, 6.07) is 27.4. The van der Waals surface area contributed by atoms with Gasteiger partial charge in [0, 0.05) is 44.4 Å². The molecule has 0 bridgehead atoms. The summed E-state index contributed by atoms with van der Waals surface area (Å²) in [5, 5.41) is 16.4. The summed E-state index contributed by atoms with van der Waals surface area (Å²) in [5.41, 5.74) is 3.91. The Bertz CT molecular complexity index is 1210. The number of ether oxygens (including phenoxy) is 2. The van der Waals surface area contributed by atoms with Crippen LogP contribution in [-0.4, -0.2) is 52.7 Å². The van der Waals surface area contributed by atoms with E-state index >= 15 is 0 Å². The molecular weight excluding hydrogens is 474 g/mol. The second kappa shape index (κ2) is 12.7. The van der Waals surface area contributed by atoms with E-state index in [1.165, 1.54) is 0 Å². The van der Waals surface area contributed by atoms with Gasteiger partial charge in [-0.25, -0.2) is 4.68 Å². The van der Waals surface area contributed by atoms with Gasteiger partial charge in [0.15, 0.2) is 0 Å². The molecule has 1 aromatic heterocycles. The number of methoxy groups -OCH3 is 1. The zero-order chi connectivity index (χ0) is 25.3. The maximum Gasteiger partial charge on any atom is 0.222 e. The van der Waals surface area contributed by atoms with Crippen molar-refractivity contribution < 1.29 is 14.6 Å². The summed E-state index contributed by atoms with van der Waals surface area (Å²) in [4.78, 5) is 2.19. The van der Waals surface area contributed by atoms with Gasteiger partial charge in [-0.15, -0.1) is 0 Å². The molecule has 7 heteroatoms. The Kier molecular flexibility index (Phi) is 9.14. The lowest BCUT2D eigenvalue weighted by molar-refractivity contribution is 0.0848. The first-order valence-electron chi connectivity index (χ1n) is 12.0. The topological polar surface area (TPSA) is 59.8 Å². The van der Waals surface area contributed by atoms with Crippen molar-refractivity contribution in [2.45, 2.75) is 19.1 Å². The normalized spacial score (nSPS) is 12.1. The van der Waals surface area contributed by atoms with E-state index < -0.39 is 6.10 Å². The van der Waals surface area contributed by atoms with Crippen LogP contribution < -0.4 is 4.74 Å². The van der Waals surface area contributed by atoms with Crippen LogP contribution in [0.4, 0.5) is 0 Å². The first kappa shape index (κ1) is 25.9. The second-order valence-electron chi connectivity index (χ2n) is 8.75. The SMILES string of the molecule is COCCN(Cc1c(-c2ccccc2)nn(C)c1Oc1ccc(Cl)cc1)CC(O)Cc1ccccc1. The van der Waals surface area contributed by atoms with Crippen LogP contribution in [0.15, 0.2) is 84.9 Å². The van der Waals surface area contributed by atoms with Crippen molar-refractivity contribution in [2.24, 2.45) is 7.05 Å². The number of aliphatic hydroxyl groups is 1. The van der Waals surface area contributed by atoms with E-state index in [-0.39, 0.29) is 0 Å². The minimum absolute atomic E-state index is 0.488. The third-order valence-electron chi connectivity index (χ3n) is 5.94. The highest BCUT2D eigenvalue weighted by Crippen LogP contribution is 2.34. The molecule has 3 aromatic carbocycles. The number of rotatable bonds is 12. The lowest BCUT2D eigenvalue weighted by Gasteiger charge is -2.25. The van der Waals surface area contributed by atoms with Gasteiger partial charge >= 0.3 is 0 Å². The molecule has 0 saturated carbocycles. The fourth-order valence-corrected chi connectivity index (χ4v) is 4.32. The molecule has 1 unspecified atom stereocenters. The van der Waals surface area contributed by atoms with Gasteiger partial charge in [0.2, 0.25) is 5.88 Å². The molecule has 0 radical (unpaired) electrons. The minimum Gasteiger partial charge on any atom is -0.439 e. The van der Waals surface area contributed by atoms with E-state index in [0.717, 1.165) is 22.4 Å². The van der Waals surface area contributed by atoms with Gasteiger partial charge in [0.25, 0.3) is 0 Å². The van der Waals surface area contributed by atoms with E-state index in [2.05, 4.69) is 4.90 Å². The summed E-state index contributed by atoms with van der Waals surface area (Å²) >= 11 is 6.07. The van der Waals surface area contributed by atoms with E-state index in [0.29, 0.717) is 49.3 Å². The second-order valence-corrected chi connectivity index (χ2v) is 9.19. The Morgan fingerprint density at radius 2 is 1.64 bits per heavy atom. The number of hydrogen-bond acceptors (Lipinski definition) is 5. The number of aryl methyl sites for hydroxylation is 1. The molecule has 1 heterocycles. The molecule has 4 rings (SSSR count). The Balaban J connectivity index is 1.64. The van der Waals surface area contributed by atoms with Gasteiger partial charge in [-0.2, -0.15) is 5.10 Å². The van der Waals surface area contributed by atoms with Crippen molar-refractivity contribution in [1.29, 1.82) is 0 Å². The van der Waals surface area contributed by atoms with E-state index in [1.54, 1.807) is 23.9 Å². The first-order chi connectivity index (χ1) is 17.5. The lowest BCUT2D eigenvalue weighted by atomic mass is 10.1. The maximum absolute atomic E-state index is 10.9. The molecule has 0 aliphatic carbocycles. The zero-order valence-electron chi connectivity index (χ0n) is 20.7. The standard InChI is InChI=1S/C29H32ClN3O3/c1-32-29(36-26-15-13-24(30)14-16-26)27(28(31-32)23-11-7-4-8-12-23)21-33(17-18-35-2)20-25(34)19-22-9-5-3-6-10-22/h3-16,25,34H,17-21H2,1-2H3. The molecule has 4 aromatic rings. The number of benzene rings is 3. The van der Waals surface area contributed by atoms with Gasteiger partial charge in [-0.05, 0) is 36.2 Å². The Morgan fingerprint density at radius 3 is 2.31 bits per heavy atom. The van der Waals surface area contributed by atoms with Crippen molar-refractivity contribution in [3.63, 3.8) is 0 Å². The molecule has 6 nitrogen and oxygen atoms in total. The molecule has 1 atom stereocenters. The minimum atomic E-state index is -0.526. The van der Waals surface area contributed by atoms with Gasteiger partial charge in [-0.1, -0.05) is 72.3 Å². The van der Waals surface area contributed by atoms with E-state index in [4.69, 9.17) is 26.2 Å². The van der Waals surface area contributed by atoms with Crippen LogP contribution >= 0.6 is 11.6 Å². The summed E-state index contributed by atoms with van der Waals surface area (Å²) in [6.07, 6.45) is 0.0542. The monoisotopic (exact) mass is 505 g/mol. The first-order valence-corrected chi connectivity index (χ1v) is 12.4. The van der Waals surface area contributed by atoms with Crippen LogP contribution in [0.2, 0.25) is 5.02 Å². The number of hydrogen-bond donors (Lipinski definition) is 1. The van der Waals surface area contributed by atoms with E-state index in [1.807, 2.05) is 79.8 Å². The molecule has 0 amide bonds. The maximum atomic E-state index is 10.9. The number of nitrogens with zero attached hydrogens (tertiary/aromatic N) is 3. The molecule has 188 valence electrons. The van der Waals surface area contributed by atoms with Gasteiger partial charge < -0.3 is 14.6 Å². The average molecular weight is 506 g/mol. The Morgan fingerprint density at radius 1 is 0.972 bits per heavy atom. The van der Waals surface area contributed by atoms with Crippen LogP contribution in [0.25, 0.3) is 11.3 Å². The number of aliphatic hydroxyl groups excluding tert-OH is 1. The van der Waals surface area contributed by atoms with Crippen molar-refractivity contribution >= 4 is 11.6 Å². The quantitative estimate of drug-likeness (QED) is 0.272. The summed E-state index contributed by atoms with van der Waals surface area (Å²) in [7, 11) is 3.57. The van der Waals surface area contributed by atoms with Crippen LogP contribution in [0, 0.1) is 0 Å². The molecule has 0 aliphatic rings. The van der Waals surface area contributed by atoms with E-state index in [9.17, 15) is 5.11 Å². The van der Waals surface area contributed by atoms with Crippen LogP contribution in [0.3, 0.4) is 0 Å². The summed E-state index contributed by atoms with van der Waals surface area (Å²) < 4.78 is 13.5. The Labute approximate surface area is 217 Å². The van der Waals surface area contributed by atoms with Crippen molar-refractivity contribution in [3.8, 4) is 22.9 Å². The largest absolute Gasteiger partial charge is 0.439 e. The lowest BCUT2D eigenvalue weighted by Crippen LogP contribution is -2.35. The molecule has 0 aliphatic heterocycles. The summed E-state index contributed by atoms with van der Waals surface area (Å²) in [6.45, 7) is 2.23. The molecular formula is C29H32ClN3O3. The predicted octanol–water partition coefficient (Wildman–Crippen LogP) is 5.58. The third-order valence-corrected chi connectivity index (χ3v) is 6.19. The van der Waals surface area contributed by atoms with Crippen molar-refractivity contribution in [3.05, 3.63) is 101 Å². The fraction of sp³-hybridized carbons (Fsp3) is 0.276. The molecule has 0 saturated heterocycles. The molecule has 0 spiro atoms. The molecule has 0 fully saturated rings. The smallest absolute Gasteiger partial charge is 0.222 e. The number of aromatic nitrogens is 2. The highest BCUT2D eigenvalue weighted by Gasteiger charge is 2.23. The van der Waals surface area contributed by atoms with Crippen molar-refractivity contribution in [1.82, 2.24) is 14.7 Å². The summed E-state index contributed by atoms with van der Waals surface area (Å²) in [5.74, 6) is 1.33. The van der Waals surface area contributed by atoms with Gasteiger partial charge in [-0.3, -0.25) is 4.90 Å². The van der Waals surface area contributed by atoms with Gasteiger partial charge in [0.1, 0.15) is 11.4 Å². The van der Waals surface area contributed by atoms with Gasteiger partial charge in [0.05, 0.1) is 18.3 Å². The Hall–Kier alpha value is -3.16. The number of halogens is 1. The highest BCUT2D eigenvalue weighted by molar-refractivity contribution is 6.30. The molecule has 1 N–H and O–H groups in total. The van der Waals surface area contributed by atoms with Crippen molar-refractivity contribution in [2.75, 3.05) is 26.8 Å². The van der Waals surface area contributed by atoms with Crippen LogP contribution in [0.1, 0.15) is 11.1 Å². The molecule has 36 heavy (non-hydrogen) atoms. The third kappa shape index (κ3) is 6.95. The fourth-order valence-electron chi connectivity index (χ4n) is 4.19. The average Bonchev–Trinajstić information content (AvgIpc) is 3.19. The van der Waals surface area contributed by atoms with Crippen LogP contribution in [0.5, 0.6) is 11.6 Å². The highest BCUT2D eigenvalue weighted by atomic mass is 35.5. The zero-order valence-corrected chi connectivity index (χ0v) is 21.4. The predicted molar refractivity (Wildman–Crippen MR) is 143 cm³/mol.